The minimum Gasteiger partial charge on any atom is -0.379 e. The maximum absolute atomic E-state index is 13.2. The number of hydrogen-bond donors (Lipinski definition) is 1. The third-order valence-electron chi connectivity index (χ3n) is 4.90. The summed E-state index contributed by atoms with van der Waals surface area (Å²) in [7, 11) is -3.97. The Bertz CT molecular complexity index is 965. The van der Waals surface area contributed by atoms with Crippen LogP contribution in [0, 0.1) is 5.82 Å². The Morgan fingerprint density at radius 3 is 2.39 bits per heavy atom. The number of amides is 1. The highest BCUT2D eigenvalue weighted by Gasteiger charge is 2.27. The lowest BCUT2D eigenvalue weighted by molar-refractivity contribution is -0.121. The minimum absolute atomic E-state index is 0.0279. The number of sulfonamides is 1. The smallest absolute Gasteiger partial charge is 0.243 e. The fourth-order valence-corrected chi connectivity index (χ4v) is 4.68. The molecule has 0 aliphatic carbocycles. The molecule has 1 aliphatic heterocycles. The first kappa shape index (κ1) is 23.6. The predicted octanol–water partition coefficient (Wildman–Crippen LogP) is 2.12. The van der Waals surface area contributed by atoms with Gasteiger partial charge in [-0.1, -0.05) is 23.7 Å². The van der Waals surface area contributed by atoms with Crippen molar-refractivity contribution in [2.45, 2.75) is 11.4 Å². The molecule has 1 heterocycles. The molecular weight excluding hydrogens is 445 g/mol. The van der Waals surface area contributed by atoms with E-state index >= 15 is 0 Å². The lowest BCUT2D eigenvalue weighted by atomic mass is 10.2. The number of halogens is 2. The lowest BCUT2D eigenvalue weighted by Gasteiger charge is -2.27. The summed E-state index contributed by atoms with van der Waals surface area (Å²) >= 11 is 5.87. The van der Waals surface area contributed by atoms with Gasteiger partial charge in [0.2, 0.25) is 15.9 Å². The van der Waals surface area contributed by atoms with Crippen LogP contribution in [-0.2, 0) is 26.1 Å². The fraction of sp³-hybridized carbons (Fsp3) is 0.381. The van der Waals surface area contributed by atoms with E-state index in [1.54, 1.807) is 0 Å². The van der Waals surface area contributed by atoms with Gasteiger partial charge in [0.25, 0.3) is 0 Å². The highest BCUT2D eigenvalue weighted by Crippen LogP contribution is 2.20. The van der Waals surface area contributed by atoms with Gasteiger partial charge < -0.3 is 10.1 Å². The second-order valence-electron chi connectivity index (χ2n) is 7.16. The Balaban J connectivity index is 1.69. The van der Waals surface area contributed by atoms with E-state index in [-0.39, 0.29) is 18.0 Å². The van der Waals surface area contributed by atoms with Gasteiger partial charge >= 0.3 is 0 Å². The zero-order valence-corrected chi connectivity index (χ0v) is 18.5. The van der Waals surface area contributed by atoms with Crippen LogP contribution in [-0.4, -0.2) is 69.5 Å². The molecule has 0 spiro atoms. The number of nitrogens with one attached hydrogen (secondary N) is 1. The normalized spacial score (nSPS) is 15.2. The monoisotopic (exact) mass is 469 g/mol. The largest absolute Gasteiger partial charge is 0.379 e. The molecule has 168 valence electrons. The molecule has 1 aliphatic rings. The van der Waals surface area contributed by atoms with Gasteiger partial charge in [0.1, 0.15) is 5.82 Å². The summed E-state index contributed by atoms with van der Waals surface area (Å²) in [5.74, 6) is -0.829. The van der Waals surface area contributed by atoms with Gasteiger partial charge in [-0.05, 0) is 42.0 Å². The van der Waals surface area contributed by atoms with Crippen LogP contribution in [0.1, 0.15) is 5.56 Å². The number of hydrogen-bond acceptors (Lipinski definition) is 5. The Hall–Kier alpha value is -2.04. The molecule has 1 amide bonds. The Kier molecular flexibility index (Phi) is 8.39. The van der Waals surface area contributed by atoms with E-state index in [0.717, 1.165) is 17.4 Å². The molecule has 0 aromatic heterocycles. The van der Waals surface area contributed by atoms with E-state index < -0.39 is 21.7 Å². The summed E-state index contributed by atoms with van der Waals surface area (Å²) in [4.78, 5) is 14.7. The van der Waals surface area contributed by atoms with Crippen molar-refractivity contribution in [3.8, 4) is 0 Å². The highest BCUT2D eigenvalue weighted by molar-refractivity contribution is 7.89. The van der Waals surface area contributed by atoms with Crippen molar-refractivity contribution in [2.24, 2.45) is 0 Å². The summed E-state index contributed by atoms with van der Waals surface area (Å²) in [5.41, 5.74) is 0.569. The van der Waals surface area contributed by atoms with Crippen LogP contribution in [0.2, 0.25) is 5.02 Å². The van der Waals surface area contributed by atoms with Crippen molar-refractivity contribution in [3.05, 3.63) is 64.9 Å². The summed E-state index contributed by atoms with van der Waals surface area (Å²) < 4.78 is 46.0. The number of morpholine rings is 1. The Morgan fingerprint density at radius 2 is 1.74 bits per heavy atom. The lowest BCUT2D eigenvalue weighted by Crippen LogP contribution is -2.44. The standard InChI is InChI=1S/C21H25ClFN3O4S/c22-18-3-7-20(8-4-18)31(28,29)26(15-17-1-5-19(23)6-2-17)16-21(27)24-9-10-25-11-13-30-14-12-25/h1-8H,9-16H2,(H,24,27). The van der Waals surface area contributed by atoms with Crippen LogP contribution in [0.4, 0.5) is 4.39 Å². The maximum Gasteiger partial charge on any atom is 0.243 e. The first-order valence-corrected chi connectivity index (χ1v) is 11.7. The van der Waals surface area contributed by atoms with Crippen LogP contribution in [0.25, 0.3) is 0 Å². The molecule has 2 aromatic rings. The number of rotatable bonds is 9. The molecule has 1 N–H and O–H groups in total. The molecule has 1 fully saturated rings. The van der Waals surface area contributed by atoms with Gasteiger partial charge in [0.05, 0.1) is 24.7 Å². The molecule has 0 bridgehead atoms. The second kappa shape index (κ2) is 11.0. The summed E-state index contributed by atoms with van der Waals surface area (Å²) in [6, 6.07) is 11.2. The molecule has 10 heteroatoms. The van der Waals surface area contributed by atoms with Gasteiger partial charge in [-0.3, -0.25) is 9.69 Å². The van der Waals surface area contributed by atoms with Crippen LogP contribution >= 0.6 is 11.6 Å². The molecule has 0 unspecified atom stereocenters. The Labute approximate surface area is 186 Å². The maximum atomic E-state index is 13.2. The Morgan fingerprint density at radius 1 is 1.10 bits per heavy atom. The van der Waals surface area contributed by atoms with Crippen molar-refractivity contribution in [2.75, 3.05) is 45.9 Å². The number of carbonyl (C=O) groups excluding carboxylic acids is 1. The molecule has 1 saturated heterocycles. The van der Waals surface area contributed by atoms with Gasteiger partial charge in [0.15, 0.2) is 0 Å². The third-order valence-corrected chi connectivity index (χ3v) is 6.96. The van der Waals surface area contributed by atoms with Crippen LogP contribution in [0.15, 0.2) is 53.4 Å². The van der Waals surface area contributed by atoms with Crippen molar-refractivity contribution in [1.82, 2.24) is 14.5 Å². The number of nitrogens with zero attached hydrogens (tertiary/aromatic N) is 2. The van der Waals surface area contributed by atoms with Crippen LogP contribution in [0.3, 0.4) is 0 Å². The van der Waals surface area contributed by atoms with E-state index in [9.17, 15) is 17.6 Å². The predicted molar refractivity (Wildman–Crippen MR) is 116 cm³/mol. The summed E-state index contributed by atoms with van der Waals surface area (Å²) in [5, 5.41) is 3.19. The van der Waals surface area contributed by atoms with E-state index in [4.69, 9.17) is 16.3 Å². The van der Waals surface area contributed by atoms with Crippen molar-refractivity contribution >= 4 is 27.5 Å². The van der Waals surface area contributed by atoms with Crippen molar-refractivity contribution in [1.29, 1.82) is 0 Å². The van der Waals surface area contributed by atoms with E-state index in [1.165, 1.54) is 48.5 Å². The topological polar surface area (TPSA) is 79.0 Å². The first-order valence-electron chi connectivity index (χ1n) is 9.91. The molecule has 0 radical (unpaired) electrons. The summed E-state index contributed by atoms with van der Waals surface area (Å²) in [6.45, 7) is 3.58. The van der Waals surface area contributed by atoms with E-state index in [1.807, 2.05) is 0 Å². The highest BCUT2D eigenvalue weighted by atomic mass is 35.5. The number of ether oxygens (including phenoxy) is 1. The fourth-order valence-electron chi connectivity index (χ4n) is 3.17. The molecule has 0 atom stereocenters. The molecule has 3 rings (SSSR count). The van der Waals surface area contributed by atoms with E-state index in [0.29, 0.717) is 36.9 Å². The number of benzene rings is 2. The van der Waals surface area contributed by atoms with E-state index in [2.05, 4.69) is 10.2 Å². The number of carbonyl (C=O) groups is 1. The molecule has 0 saturated carbocycles. The first-order chi connectivity index (χ1) is 14.8. The molecule has 31 heavy (non-hydrogen) atoms. The van der Waals surface area contributed by atoms with Gasteiger partial charge in [-0.25, -0.2) is 12.8 Å². The van der Waals surface area contributed by atoms with Crippen LogP contribution < -0.4 is 5.32 Å². The quantitative estimate of drug-likeness (QED) is 0.608. The van der Waals surface area contributed by atoms with Gasteiger partial charge in [-0.15, -0.1) is 0 Å². The molecular formula is C21H25ClFN3O4S. The summed E-state index contributed by atoms with van der Waals surface area (Å²) in [6.07, 6.45) is 0. The molecule has 2 aromatic carbocycles. The van der Waals surface area contributed by atoms with Gasteiger partial charge in [-0.2, -0.15) is 4.31 Å². The van der Waals surface area contributed by atoms with Crippen molar-refractivity contribution in [3.63, 3.8) is 0 Å². The minimum atomic E-state index is -3.97. The zero-order valence-electron chi connectivity index (χ0n) is 17.0. The van der Waals surface area contributed by atoms with Crippen LogP contribution in [0.5, 0.6) is 0 Å². The molecule has 7 nitrogen and oxygen atoms in total. The SMILES string of the molecule is O=C(CN(Cc1ccc(F)cc1)S(=O)(=O)c1ccc(Cl)cc1)NCCN1CCOCC1. The third kappa shape index (κ3) is 6.98. The van der Waals surface area contributed by atoms with Gasteiger partial charge in [0, 0.05) is 37.7 Å². The average molecular weight is 470 g/mol. The average Bonchev–Trinajstić information content (AvgIpc) is 2.76. The van der Waals surface area contributed by atoms with Crippen molar-refractivity contribution < 1.29 is 22.3 Å². The zero-order chi connectivity index (χ0) is 22.3. The second-order valence-corrected chi connectivity index (χ2v) is 9.53.